The summed E-state index contributed by atoms with van der Waals surface area (Å²) < 4.78 is 8.93. The van der Waals surface area contributed by atoms with Crippen LogP contribution in [-0.4, -0.2) is 51.2 Å². The number of alkyl carbamates (subject to hydrolysis) is 1. The molecule has 1 amide bonds. The van der Waals surface area contributed by atoms with E-state index >= 15 is 0 Å². The Labute approximate surface area is 333 Å². The molecule has 2 atom stereocenters. The van der Waals surface area contributed by atoms with E-state index in [2.05, 4.69) is 82.5 Å². The van der Waals surface area contributed by atoms with Crippen molar-refractivity contribution in [3.05, 3.63) is 108 Å². The summed E-state index contributed by atoms with van der Waals surface area (Å²) in [7, 11) is 3.74. The molecule has 0 saturated heterocycles. The van der Waals surface area contributed by atoms with Crippen LogP contribution in [0, 0.1) is 0 Å². The average molecular weight is 769 g/mol. The van der Waals surface area contributed by atoms with Gasteiger partial charge in [-0.1, -0.05) is 37.1 Å². The maximum absolute atomic E-state index is 12.4. The van der Waals surface area contributed by atoms with E-state index in [1.807, 2.05) is 59.4 Å². The molecular weight excluding hydrogens is 717 g/mol. The number of hydrogen-bond donors (Lipinski definition) is 4. The van der Waals surface area contributed by atoms with Crippen LogP contribution in [0.3, 0.4) is 0 Å². The molecule has 296 valence electrons. The third-order valence-electron chi connectivity index (χ3n) is 9.98. The van der Waals surface area contributed by atoms with Gasteiger partial charge in [-0.05, 0) is 106 Å². The fraction of sp³-hybridized carbons (Fsp3) is 0.372. The maximum atomic E-state index is 12.4. The number of rotatable bonds is 7. The highest BCUT2D eigenvalue weighted by Gasteiger charge is 2.24. The van der Waals surface area contributed by atoms with Crippen molar-refractivity contribution in [3.8, 4) is 22.5 Å². The molecule has 0 bridgehead atoms. The molecule has 2 aliphatic rings. The van der Waals surface area contributed by atoms with Crippen molar-refractivity contribution in [2.75, 3.05) is 10.6 Å². The molecule has 2 unspecified atom stereocenters. The Morgan fingerprint density at radius 1 is 0.737 bits per heavy atom. The number of amides is 1. The zero-order valence-corrected chi connectivity index (χ0v) is 33.4. The van der Waals surface area contributed by atoms with Crippen molar-refractivity contribution in [1.29, 1.82) is 0 Å². The zero-order chi connectivity index (χ0) is 39.9. The van der Waals surface area contributed by atoms with E-state index in [0.29, 0.717) is 11.9 Å². The number of nitrogens with zero attached hydrogens (tertiary/aromatic N) is 8. The predicted molar refractivity (Wildman–Crippen MR) is 222 cm³/mol. The van der Waals surface area contributed by atoms with E-state index in [1.165, 1.54) is 29.5 Å². The van der Waals surface area contributed by atoms with Crippen LogP contribution in [0.2, 0.25) is 0 Å². The standard InChI is InChI=1S/C24H30N6O2.C19H22N6/c1-24(2,3)32-23(31)29-21-8-6-5-7-16-13-17(9-10-19(16)21)20-11-12-25-22(28-20)27-18-14-26-30(4)15-18;1-25-12-15(11-22-25)23-19-21-9-8-18(24-19)14-6-7-16-13(10-14)4-2-3-5-17(16)20/h9-15,21H,5-8H2,1-4H3,(H,29,31)(H,25,27,28);6-12,17H,2-5,20H2,1H3,(H,21,23,24). The first-order valence-corrected chi connectivity index (χ1v) is 19.6. The third kappa shape index (κ3) is 10.4. The maximum Gasteiger partial charge on any atom is 0.408 e. The molecule has 0 saturated carbocycles. The van der Waals surface area contributed by atoms with E-state index < -0.39 is 5.60 Å². The Kier molecular flexibility index (Phi) is 11.9. The predicted octanol–water partition coefficient (Wildman–Crippen LogP) is 8.26. The van der Waals surface area contributed by atoms with Gasteiger partial charge < -0.3 is 26.4 Å². The fourth-order valence-electron chi connectivity index (χ4n) is 7.31. The lowest BCUT2D eigenvalue weighted by Gasteiger charge is -2.24. The molecule has 2 aliphatic carbocycles. The summed E-state index contributed by atoms with van der Waals surface area (Å²) in [6.45, 7) is 5.62. The van der Waals surface area contributed by atoms with Crippen molar-refractivity contribution in [2.24, 2.45) is 19.8 Å². The minimum absolute atomic E-state index is 0.0513. The van der Waals surface area contributed by atoms with Gasteiger partial charge in [0.05, 0.1) is 41.2 Å². The van der Waals surface area contributed by atoms with E-state index in [0.717, 1.165) is 78.0 Å². The van der Waals surface area contributed by atoms with Crippen LogP contribution in [0.1, 0.15) is 93.6 Å². The number of aromatic nitrogens is 8. The molecule has 6 aromatic rings. The molecule has 8 rings (SSSR count). The number of benzene rings is 2. The quantitative estimate of drug-likeness (QED) is 0.115. The molecule has 0 aliphatic heterocycles. The van der Waals surface area contributed by atoms with Gasteiger partial charge >= 0.3 is 6.09 Å². The van der Waals surface area contributed by atoms with Gasteiger partial charge in [0, 0.05) is 56.1 Å². The molecule has 4 heterocycles. The Morgan fingerprint density at radius 2 is 1.26 bits per heavy atom. The number of nitrogens with two attached hydrogens (primary N) is 1. The number of carbonyl (C=O) groups excluding carboxylic acids is 1. The molecule has 14 heteroatoms. The number of carbonyl (C=O) groups is 1. The van der Waals surface area contributed by atoms with E-state index in [4.69, 9.17) is 10.5 Å². The minimum atomic E-state index is -0.518. The third-order valence-corrected chi connectivity index (χ3v) is 9.98. The summed E-state index contributed by atoms with van der Waals surface area (Å²) in [6.07, 6.45) is 18.9. The second-order valence-corrected chi connectivity index (χ2v) is 15.7. The van der Waals surface area contributed by atoms with Crippen molar-refractivity contribution in [1.82, 2.24) is 44.8 Å². The van der Waals surface area contributed by atoms with Crippen molar-refractivity contribution in [2.45, 2.75) is 89.8 Å². The Balaban J connectivity index is 0.000000179. The van der Waals surface area contributed by atoms with Gasteiger partial charge in [-0.2, -0.15) is 10.2 Å². The van der Waals surface area contributed by atoms with Crippen LogP contribution in [-0.2, 0) is 31.7 Å². The Morgan fingerprint density at radius 3 is 1.79 bits per heavy atom. The topological polar surface area (TPSA) is 176 Å². The lowest BCUT2D eigenvalue weighted by atomic mass is 9.96. The second kappa shape index (κ2) is 17.3. The Bertz CT molecular complexity index is 2310. The van der Waals surface area contributed by atoms with E-state index in [9.17, 15) is 4.79 Å². The van der Waals surface area contributed by atoms with Gasteiger partial charge in [0.25, 0.3) is 0 Å². The molecule has 2 aromatic carbocycles. The summed E-state index contributed by atoms with van der Waals surface area (Å²) >= 11 is 0. The summed E-state index contributed by atoms with van der Waals surface area (Å²) in [5.74, 6) is 1.09. The van der Waals surface area contributed by atoms with Crippen molar-refractivity contribution in [3.63, 3.8) is 0 Å². The van der Waals surface area contributed by atoms with Crippen molar-refractivity contribution < 1.29 is 9.53 Å². The van der Waals surface area contributed by atoms with Crippen LogP contribution in [0.4, 0.5) is 28.1 Å². The Hall–Kier alpha value is -6.15. The summed E-state index contributed by atoms with van der Waals surface area (Å²) in [5.41, 5.74) is 16.4. The molecule has 5 N–H and O–H groups in total. The van der Waals surface area contributed by atoms with Gasteiger partial charge in [-0.3, -0.25) is 9.36 Å². The first-order chi connectivity index (χ1) is 27.5. The molecule has 0 fully saturated rings. The summed E-state index contributed by atoms with van der Waals surface area (Å²) in [4.78, 5) is 30.3. The lowest BCUT2D eigenvalue weighted by molar-refractivity contribution is 0.0501. The number of aryl methyl sites for hydroxylation is 4. The van der Waals surface area contributed by atoms with Crippen LogP contribution in [0.15, 0.2) is 85.7 Å². The molecule has 0 spiro atoms. The summed E-state index contributed by atoms with van der Waals surface area (Å²) in [5, 5.41) is 17.7. The number of nitrogens with one attached hydrogen (secondary N) is 3. The highest BCUT2D eigenvalue weighted by atomic mass is 16.6. The summed E-state index contributed by atoms with van der Waals surface area (Å²) in [6, 6.07) is 16.8. The van der Waals surface area contributed by atoms with Crippen LogP contribution >= 0.6 is 0 Å². The minimum Gasteiger partial charge on any atom is -0.444 e. The smallest absolute Gasteiger partial charge is 0.408 e. The number of hydrogen-bond acceptors (Lipinski definition) is 11. The second-order valence-electron chi connectivity index (χ2n) is 15.7. The number of anilines is 4. The average Bonchev–Trinajstić information content (AvgIpc) is 3.66. The largest absolute Gasteiger partial charge is 0.444 e. The van der Waals surface area contributed by atoms with Crippen LogP contribution in [0.25, 0.3) is 22.5 Å². The van der Waals surface area contributed by atoms with Crippen LogP contribution in [0.5, 0.6) is 0 Å². The number of ether oxygens (including phenoxy) is 1. The molecule has 0 radical (unpaired) electrons. The van der Waals surface area contributed by atoms with E-state index in [1.54, 1.807) is 34.2 Å². The first-order valence-electron chi connectivity index (χ1n) is 19.6. The van der Waals surface area contributed by atoms with Crippen molar-refractivity contribution >= 4 is 29.4 Å². The van der Waals surface area contributed by atoms with Gasteiger partial charge in [-0.25, -0.2) is 24.7 Å². The highest BCUT2D eigenvalue weighted by Crippen LogP contribution is 2.33. The fourth-order valence-corrected chi connectivity index (χ4v) is 7.31. The SMILES string of the molecule is Cn1cc(Nc2nccc(-c3ccc4c(c3)CCCCC4N)n2)cn1.Cn1cc(Nc2nccc(-c3ccc4c(c3)CCCCC4NC(=O)OC(C)(C)C)n2)cn1. The van der Waals surface area contributed by atoms with Gasteiger partial charge in [0.1, 0.15) is 5.60 Å². The zero-order valence-electron chi connectivity index (χ0n) is 33.4. The molecular formula is C43H52N12O2. The lowest BCUT2D eigenvalue weighted by Crippen LogP contribution is -2.35. The number of fused-ring (bicyclic) bond motifs is 2. The van der Waals surface area contributed by atoms with Gasteiger partial charge in [-0.15, -0.1) is 0 Å². The molecule has 14 nitrogen and oxygen atoms in total. The molecule has 4 aromatic heterocycles. The monoisotopic (exact) mass is 768 g/mol. The first kappa shape index (κ1) is 39.1. The van der Waals surface area contributed by atoms with Crippen LogP contribution < -0.4 is 21.7 Å². The van der Waals surface area contributed by atoms with Gasteiger partial charge in [0.15, 0.2) is 0 Å². The normalized spacial score (nSPS) is 16.5. The highest BCUT2D eigenvalue weighted by molar-refractivity contribution is 5.69. The molecule has 57 heavy (non-hydrogen) atoms. The van der Waals surface area contributed by atoms with Gasteiger partial charge in [0.2, 0.25) is 11.9 Å². The van der Waals surface area contributed by atoms with E-state index in [-0.39, 0.29) is 18.2 Å².